The Morgan fingerprint density at radius 2 is 1.74 bits per heavy atom. The maximum absolute atomic E-state index is 12.4. The summed E-state index contributed by atoms with van der Waals surface area (Å²) in [6.07, 6.45) is 0.957. The van der Waals surface area contributed by atoms with Crippen molar-refractivity contribution in [3.8, 4) is 0 Å². The molecule has 2 aromatic heterocycles. The lowest BCUT2D eigenvalue weighted by molar-refractivity contribution is 0.0240. The van der Waals surface area contributed by atoms with Gasteiger partial charge >= 0.3 is 6.09 Å². The normalized spacial score (nSPS) is 19.1. The van der Waals surface area contributed by atoms with E-state index in [1.807, 2.05) is 26.8 Å². The summed E-state index contributed by atoms with van der Waals surface area (Å²) < 4.78 is 31.5. The number of sulfonamides is 1. The minimum Gasteiger partial charge on any atom is -0.444 e. The van der Waals surface area contributed by atoms with Crippen molar-refractivity contribution in [2.24, 2.45) is 0 Å². The number of carbonyl (C=O) groups excluding carboxylic acids is 1. The maximum Gasteiger partial charge on any atom is 0.410 e. The second-order valence-electron chi connectivity index (χ2n) is 9.64. The molecule has 1 amide bonds. The van der Waals surface area contributed by atoms with Gasteiger partial charge in [0.05, 0.1) is 16.5 Å². The van der Waals surface area contributed by atoms with Crippen LogP contribution in [-0.2, 0) is 21.3 Å². The van der Waals surface area contributed by atoms with Crippen molar-refractivity contribution >= 4 is 55.1 Å². The Morgan fingerprint density at radius 3 is 2.32 bits per heavy atom. The van der Waals surface area contributed by atoms with Gasteiger partial charge in [0.1, 0.15) is 5.60 Å². The van der Waals surface area contributed by atoms with Crippen LogP contribution >= 0.6 is 22.9 Å². The summed E-state index contributed by atoms with van der Waals surface area (Å²) in [5.74, 6) is 0.789. The van der Waals surface area contributed by atoms with Gasteiger partial charge in [-0.25, -0.2) is 18.2 Å². The van der Waals surface area contributed by atoms with Gasteiger partial charge in [0.15, 0.2) is 5.82 Å². The van der Waals surface area contributed by atoms with Crippen LogP contribution in [0.1, 0.15) is 25.6 Å². The quantitative estimate of drug-likeness (QED) is 0.556. The molecule has 10 nitrogen and oxygen atoms in total. The van der Waals surface area contributed by atoms with Crippen molar-refractivity contribution in [2.45, 2.75) is 32.9 Å². The standard InChI is InChI=1S/C21H31ClN6O4S2/c1-21(2,3)32-20(29)27-9-7-26(8-10-27)18-17-16(23-19(22)24-18)13-15(33-17)14-25-5-11-28(12-6-25)34(4,30)31/h13H,5-12,14H2,1-4H3. The molecule has 188 valence electrons. The molecule has 2 aliphatic rings. The van der Waals surface area contributed by atoms with Crippen LogP contribution in [0.25, 0.3) is 10.2 Å². The number of halogens is 1. The lowest BCUT2D eigenvalue weighted by Gasteiger charge is -2.36. The second kappa shape index (κ2) is 9.73. The first-order chi connectivity index (χ1) is 15.9. The zero-order valence-corrected chi connectivity index (χ0v) is 22.3. The number of rotatable bonds is 4. The van der Waals surface area contributed by atoms with E-state index in [4.69, 9.17) is 16.3 Å². The van der Waals surface area contributed by atoms with Gasteiger partial charge in [-0.15, -0.1) is 11.3 Å². The second-order valence-corrected chi connectivity index (χ2v) is 13.1. The number of ether oxygens (including phenoxy) is 1. The third-order valence-electron chi connectivity index (χ3n) is 5.79. The number of hydrogen-bond acceptors (Lipinski definition) is 9. The Bertz CT molecular complexity index is 1150. The number of thiophene rings is 1. The molecule has 0 unspecified atom stereocenters. The fourth-order valence-electron chi connectivity index (χ4n) is 4.10. The molecule has 0 N–H and O–H groups in total. The van der Waals surface area contributed by atoms with Gasteiger partial charge in [0.2, 0.25) is 15.3 Å². The minimum absolute atomic E-state index is 0.197. The summed E-state index contributed by atoms with van der Waals surface area (Å²) in [4.78, 5) is 28.6. The summed E-state index contributed by atoms with van der Waals surface area (Å²) in [6.45, 7) is 11.0. The lowest BCUT2D eigenvalue weighted by atomic mass is 10.2. The molecule has 13 heteroatoms. The zero-order chi connectivity index (χ0) is 24.7. The van der Waals surface area contributed by atoms with Crippen LogP contribution in [0.15, 0.2) is 6.07 Å². The van der Waals surface area contributed by atoms with E-state index in [0.29, 0.717) is 52.4 Å². The first-order valence-corrected chi connectivity index (χ1v) is 14.3. The number of aromatic nitrogens is 2. The van der Waals surface area contributed by atoms with E-state index in [2.05, 4.69) is 19.8 Å². The molecule has 2 aliphatic heterocycles. The molecule has 0 atom stereocenters. The van der Waals surface area contributed by atoms with Crippen LogP contribution in [0.4, 0.5) is 10.6 Å². The molecule has 0 radical (unpaired) electrons. The van der Waals surface area contributed by atoms with E-state index >= 15 is 0 Å². The first-order valence-electron chi connectivity index (χ1n) is 11.3. The molecule has 4 heterocycles. The summed E-state index contributed by atoms with van der Waals surface area (Å²) in [7, 11) is -3.15. The van der Waals surface area contributed by atoms with Gasteiger partial charge in [0.25, 0.3) is 0 Å². The van der Waals surface area contributed by atoms with Crippen LogP contribution in [0, 0.1) is 0 Å². The van der Waals surface area contributed by atoms with E-state index in [1.54, 1.807) is 16.2 Å². The zero-order valence-electron chi connectivity index (χ0n) is 20.0. The highest BCUT2D eigenvalue weighted by molar-refractivity contribution is 7.88. The fraction of sp³-hybridized carbons (Fsp3) is 0.667. The highest BCUT2D eigenvalue weighted by Crippen LogP contribution is 2.34. The van der Waals surface area contributed by atoms with Crippen molar-refractivity contribution in [1.82, 2.24) is 24.1 Å². The van der Waals surface area contributed by atoms with Crippen LogP contribution in [0.3, 0.4) is 0 Å². The van der Waals surface area contributed by atoms with Crippen LogP contribution < -0.4 is 4.90 Å². The predicted molar refractivity (Wildman–Crippen MR) is 134 cm³/mol. The number of nitrogens with zero attached hydrogens (tertiary/aromatic N) is 6. The summed E-state index contributed by atoms with van der Waals surface area (Å²) in [5, 5.41) is 0.197. The molecule has 0 aliphatic carbocycles. The monoisotopic (exact) mass is 530 g/mol. The van der Waals surface area contributed by atoms with Crippen molar-refractivity contribution in [1.29, 1.82) is 0 Å². The third-order valence-corrected chi connectivity index (χ3v) is 8.37. The molecule has 4 rings (SSSR count). The smallest absolute Gasteiger partial charge is 0.410 e. The van der Waals surface area contributed by atoms with Gasteiger partial charge < -0.3 is 14.5 Å². The molecule has 0 aromatic carbocycles. The number of amides is 1. The largest absolute Gasteiger partial charge is 0.444 e. The topological polar surface area (TPSA) is 99.2 Å². The maximum atomic E-state index is 12.4. The van der Waals surface area contributed by atoms with Crippen LogP contribution in [-0.4, -0.2) is 103 Å². The molecule has 2 saturated heterocycles. The summed E-state index contributed by atoms with van der Waals surface area (Å²) in [6, 6.07) is 2.04. The van der Waals surface area contributed by atoms with Crippen LogP contribution in [0.5, 0.6) is 0 Å². The van der Waals surface area contributed by atoms with E-state index in [1.165, 1.54) is 10.6 Å². The Kier molecular flexibility index (Phi) is 7.26. The van der Waals surface area contributed by atoms with E-state index in [-0.39, 0.29) is 11.4 Å². The molecule has 0 saturated carbocycles. The molecular formula is C21H31ClN6O4S2. The van der Waals surface area contributed by atoms with Crippen LogP contribution in [0.2, 0.25) is 5.28 Å². The van der Waals surface area contributed by atoms with Gasteiger partial charge in [-0.3, -0.25) is 4.90 Å². The Hall–Kier alpha value is -1.73. The van der Waals surface area contributed by atoms with Crippen molar-refractivity contribution < 1.29 is 17.9 Å². The molecule has 0 bridgehead atoms. The number of anilines is 1. The van der Waals surface area contributed by atoms with Crippen molar-refractivity contribution in [3.05, 3.63) is 16.2 Å². The fourth-order valence-corrected chi connectivity index (χ4v) is 6.25. The highest BCUT2D eigenvalue weighted by atomic mass is 35.5. The average Bonchev–Trinajstić information content (AvgIpc) is 3.14. The van der Waals surface area contributed by atoms with Crippen molar-refractivity contribution in [3.63, 3.8) is 0 Å². The Balaban J connectivity index is 1.44. The highest BCUT2D eigenvalue weighted by Gasteiger charge is 2.28. The van der Waals surface area contributed by atoms with Gasteiger partial charge in [0, 0.05) is 63.8 Å². The van der Waals surface area contributed by atoms with Gasteiger partial charge in [-0.1, -0.05) is 0 Å². The summed E-state index contributed by atoms with van der Waals surface area (Å²) in [5.41, 5.74) is 0.282. The summed E-state index contributed by atoms with van der Waals surface area (Å²) >= 11 is 7.89. The molecular weight excluding hydrogens is 500 g/mol. The molecule has 34 heavy (non-hydrogen) atoms. The number of piperazine rings is 2. The Labute approximate surface area is 209 Å². The lowest BCUT2D eigenvalue weighted by Crippen LogP contribution is -2.50. The molecule has 2 aromatic rings. The molecule has 2 fully saturated rings. The first kappa shape index (κ1) is 25.4. The number of fused-ring (bicyclic) bond motifs is 1. The predicted octanol–water partition coefficient (Wildman–Crippen LogP) is 2.48. The van der Waals surface area contributed by atoms with Gasteiger partial charge in [-0.05, 0) is 38.4 Å². The average molecular weight is 531 g/mol. The number of hydrogen-bond donors (Lipinski definition) is 0. The van der Waals surface area contributed by atoms with Crippen molar-refractivity contribution in [2.75, 3.05) is 63.5 Å². The molecule has 0 spiro atoms. The van der Waals surface area contributed by atoms with E-state index < -0.39 is 15.6 Å². The minimum atomic E-state index is -3.15. The van der Waals surface area contributed by atoms with Gasteiger partial charge in [-0.2, -0.15) is 9.29 Å². The number of carbonyl (C=O) groups is 1. The van der Waals surface area contributed by atoms with E-state index in [9.17, 15) is 13.2 Å². The SMILES string of the molecule is CC(C)(C)OC(=O)N1CCN(c2nc(Cl)nc3cc(CN4CCN(S(C)(=O)=O)CC4)sc23)CC1. The third kappa shape index (κ3) is 6.09. The van der Waals surface area contributed by atoms with E-state index in [0.717, 1.165) is 27.5 Å². The Morgan fingerprint density at radius 1 is 1.09 bits per heavy atom.